The molecule has 0 spiro atoms. The van der Waals surface area contributed by atoms with Gasteiger partial charge in [-0.05, 0) is 24.8 Å². The molecule has 0 amide bonds. The summed E-state index contributed by atoms with van der Waals surface area (Å²) < 4.78 is 36.0. The molecule has 3 nitrogen and oxygen atoms in total. The number of fused-ring (bicyclic) bond motifs is 1. The average molecular weight is 254 g/mol. The highest BCUT2D eigenvalue weighted by Crippen LogP contribution is 2.51. The van der Waals surface area contributed by atoms with E-state index in [1.807, 2.05) is 0 Å². The minimum absolute atomic E-state index is 0.142. The van der Waals surface area contributed by atoms with Crippen molar-refractivity contribution in [1.82, 2.24) is 0 Å². The van der Waals surface area contributed by atoms with Gasteiger partial charge in [0.15, 0.2) is 0 Å². The zero-order valence-corrected chi connectivity index (χ0v) is 9.83. The second-order valence-corrected chi connectivity index (χ2v) is 4.70. The number of methoxy groups -OCH3 is 1. The third-order valence-electron chi connectivity index (χ3n) is 3.32. The molecule has 0 radical (unpaired) electrons. The number of ether oxygens (including phenoxy) is 2. The van der Waals surface area contributed by atoms with E-state index in [4.69, 9.17) is 4.74 Å². The van der Waals surface area contributed by atoms with Gasteiger partial charge in [-0.15, -0.1) is 0 Å². The Hall–Kier alpha value is -1.65. The largest absolute Gasteiger partial charge is 0.465 e. The molecule has 0 atom stereocenters. The summed E-state index contributed by atoms with van der Waals surface area (Å²) >= 11 is 0. The number of esters is 1. The number of halogens is 2. The van der Waals surface area contributed by atoms with Crippen molar-refractivity contribution >= 4 is 5.97 Å². The maximum absolute atomic E-state index is 13.3. The summed E-state index contributed by atoms with van der Waals surface area (Å²) in [6.07, 6.45) is -1.80. The van der Waals surface area contributed by atoms with Crippen LogP contribution in [-0.4, -0.2) is 19.2 Å². The number of benzene rings is 1. The Kier molecular flexibility index (Phi) is 2.33. The molecule has 0 bridgehead atoms. The third kappa shape index (κ3) is 1.74. The molecule has 0 saturated heterocycles. The molecule has 2 aliphatic rings. The summed E-state index contributed by atoms with van der Waals surface area (Å²) in [5, 5.41) is 0. The molecule has 0 aromatic heterocycles. The molecule has 1 aromatic rings. The zero-order chi connectivity index (χ0) is 12.9. The monoisotopic (exact) mass is 254 g/mol. The lowest BCUT2D eigenvalue weighted by Gasteiger charge is -2.13. The van der Waals surface area contributed by atoms with Crippen molar-refractivity contribution in [3.05, 3.63) is 28.8 Å². The van der Waals surface area contributed by atoms with Crippen LogP contribution in [0.1, 0.15) is 40.2 Å². The zero-order valence-electron chi connectivity index (χ0n) is 9.83. The molecule has 3 rings (SSSR count). The van der Waals surface area contributed by atoms with Gasteiger partial charge in [0.1, 0.15) is 5.75 Å². The molecule has 5 heteroatoms. The second-order valence-electron chi connectivity index (χ2n) is 4.70. The predicted octanol–water partition coefficient (Wildman–Crippen LogP) is 2.88. The lowest BCUT2D eigenvalue weighted by atomic mass is 9.98. The quantitative estimate of drug-likeness (QED) is 0.761. The van der Waals surface area contributed by atoms with E-state index in [1.54, 1.807) is 6.07 Å². The van der Waals surface area contributed by atoms with Crippen molar-refractivity contribution in [3.63, 3.8) is 0 Å². The van der Waals surface area contributed by atoms with Crippen LogP contribution in [0.2, 0.25) is 0 Å². The molecule has 1 heterocycles. The van der Waals surface area contributed by atoms with Gasteiger partial charge >= 0.3 is 12.1 Å². The van der Waals surface area contributed by atoms with Gasteiger partial charge in [0, 0.05) is 11.1 Å². The Morgan fingerprint density at radius 3 is 2.78 bits per heavy atom. The number of carbonyl (C=O) groups is 1. The molecule has 1 aliphatic carbocycles. The summed E-state index contributed by atoms with van der Waals surface area (Å²) in [5.74, 6) is -0.174. The molecule has 96 valence electrons. The molecule has 0 N–H and O–H groups in total. The lowest BCUT2D eigenvalue weighted by Crippen LogP contribution is -2.21. The number of hydrogen-bond acceptors (Lipinski definition) is 3. The van der Waals surface area contributed by atoms with Crippen molar-refractivity contribution < 1.29 is 23.0 Å². The summed E-state index contributed by atoms with van der Waals surface area (Å²) in [6, 6.07) is 3.08. The molecular weight excluding hydrogens is 242 g/mol. The van der Waals surface area contributed by atoms with Crippen molar-refractivity contribution in [2.75, 3.05) is 7.11 Å². The van der Waals surface area contributed by atoms with Gasteiger partial charge in [0.25, 0.3) is 0 Å². The molecule has 1 aromatic carbocycles. The SMILES string of the molecule is COC(=O)c1ccc2c(c1C1CC1)OC(F)(F)C2. The van der Waals surface area contributed by atoms with Gasteiger partial charge in [0.05, 0.1) is 19.1 Å². The Bertz CT molecular complexity index is 521. The van der Waals surface area contributed by atoms with Crippen LogP contribution in [-0.2, 0) is 11.2 Å². The fourth-order valence-corrected chi connectivity index (χ4v) is 2.38. The Balaban J connectivity index is 2.12. The summed E-state index contributed by atoms with van der Waals surface area (Å²) in [7, 11) is 1.28. The van der Waals surface area contributed by atoms with Crippen LogP contribution in [0.25, 0.3) is 0 Å². The molecule has 0 unspecified atom stereocenters. The van der Waals surface area contributed by atoms with E-state index < -0.39 is 18.5 Å². The first kappa shape index (κ1) is 11.4. The summed E-state index contributed by atoms with van der Waals surface area (Å²) in [6.45, 7) is 0. The molecule has 1 aliphatic heterocycles. The molecular formula is C13H12F2O3. The number of hydrogen-bond donors (Lipinski definition) is 0. The first-order chi connectivity index (χ1) is 8.52. The fourth-order valence-electron chi connectivity index (χ4n) is 2.38. The van der Waals surface area contributed by atoms with Crippen LogP contribution < -0.4 is 4.74 Å². The number of rotatable bonds is 2. The van der Waals surface area contributed by atoms with E-state index in [1.165, 1.54) is 13.2 Å². The Labute approximate surface area is 103 Å². The first-order valence-corrected chi connectivity index (χ1v) is 5.83. The highest BCUT2D eigenvalue weighted by molar-refractivity contribution is 5.92. The molecule has 1 fully saturated rings. The first-order valence-electron chi connectivity index (χ1n) is 5.83. The van der Waals surface area contributed by atoms with E-state index in [0.717, 1.165) is 12.8 Å². The summed E-state index contributed by atoms with van der Waals surface area (Å²) in [4.78, 5) is 11.7. The van der Waals surface area contributed by atoms with E-state index in [0.29, 0.717) is 16.7 Å². The van der Waals surface area contributed by atoms with Gasteiger partial charge in [-0.1, -0.05) is 6.07 Å². The van der Waals surface area contributed by atoms with Gasteiger partial charge in [-0.3, -0.25) is 0 Å². The number of carbonyl (C=O) groups excluding carboxylic acids is 1. The average Bonchev–Trinajstić information content (AvgIpc) is 3.08. The normalized spacial score (nSPS) is 20.2. The third-order valence-corrected chi connectivity index (χ3v) is 3.32. The number of alkyl halides is 2. The maximum Gasteiger partial charge on any atom is 0.402 e. The van der Waals surface area contributed by atoms with Crippen LogP contribution in [0.5, 0.6) is 5.75 Å². The minimum atomic E-state index is -3.17. The van der Waals surface area contributed by atoms with Crippen LogP contribution in [0.3, 0.4) is 0 Å². The van der Waals surface area contributed by atoms with Gasteiger partial charge < -0.3 is 9.47 Å². The van der Waals surface area contributed by atoms with Gasteiger partial charge in [0.2, 0.25) is 0 Å². The predicted molar refractivity (Wildman–Crippen MR) is 59.0 cm³/mol. The van der Waals surface area contributed by atoms with E-state index in [9.17, 15) is 13.6 Å². The maximum atomic E-state index is 13.3. The standard InChI is InChI=1S/C13H12F2O3/c1-17-12(16)9-5-4-8-6-13(14,15)18-11(8)10(9)7-2-3-7/h4-5,7H,2-3,6H2,1H3. The second kappa shape index (κ2) is 3.67. The van der Waals surface area contributed by atoms with Crippen molar-refractivity contribution in [3.8, 4) is 5.75 Å². The highest BCUT2D eigenvalue weighted by atomic mass is 19.3. The van der Waals surface area contributed by atoms with Crippen molar-refractivity contribution in [2.45, 2.75) is 31.3 Å². The minimum Gasteiger partial charge on any atom is -0.465 e. The van der Waals surface area contributed by atoms with E-state index in [2.05, 4.69) is 4.74 Å². The van der Waals surface area contributed by atoms with E-state index >= 15 is 0 Å². The van der Waals surface area contributed by atoms with Crippen LogP contribution >= 0.6 is 0 Å². The molecule has 1 saturated carbocycles. The van der Waals surface area contributed by atoms with Gasteiger partial charge in [-0.25, -0.2) is 4.79 Å². The lowest BCUT2D eigenvalue weighted by molar-refractivity contribution is -0.159. The topological polar surface area (TPSA) is 35.5 Å². The van der Waals surface area contributed by atoms with Crippen molar-refractivity contribution in [2.24, 2.45) is 0 Å². The summed E-state index contributed by atoms with van der Waals surface area (Å²) in [5.41, 5.74) is 1.41. The highest BCUT2D eigenvalue weighted by Gasteiger charge is 2.44. The fraction of sp³-hybridized carbons (Fsp3) is 0.462. The Morgan fingerprint density at radius 2 is 2.17 bits per heavy atom. The van der Waals surface area contributed by atoms with Crippen LogP contribution in [0.4, 0.5) is 8.78 Å². The Morgan fingerprint density at radius 1 is 1.44 bits per heavy atom. The van der Waals surface area contributed by atoms with E-state index in [-0.39, 0.29) is 11.7 Å². The van der Waals surface area contributed by atoms with Crippen LogP contribution in [0.15, 0.2) is 12.1 Å². The van der Waals surface area contributed by atoms with Crippen molar-refractivity contribution in [1.29, 1.82) is 0 Å². The molecule has 18 heavy (non-hydrogen) atoms. The van der Waals surface area contributed by atoms with Crippen LogP contribution in [0, 0.1) is 0 Å². The smallest absolute Gasteiger partial charge is 0.402 e. The van der Waals surface area contributed by atoms with Gasteiger partial charge in [-0.2, -0.15) is 8.78 Å².